The fraction of sp³-hybridized carbons (Fsp3) is 0.250. The zero-order valence-electron chi connectivity index (χ0n) is 13.7. The highest BCUT2D eigenvalue weighted by atomic mass is 35.5. The first-order valence-corrected chi connectivity index (χ1v) is 10.7. The van der Waals surface area contributed by atoms with Crippen LogP contribution in [-0.4, -0.2) is 41.8 Å². The topological polar surface area (TPSA) is 74.8 Å². The van der Waals surface area contributed by atoms with Crippen LogP contribution in [0.4, 0.5) is 5.69 Å². The number of anilines is 1. The van der Waals surface area contributed by atoms with Gasteiger partial charge in [-0.05, 0) is 48.4 Å². The molecule has 1 heterocycles. The molecule has 0 saturated heterocycles. The maximum Gasteiger partial charge on any atom is 0.264 e. The Kier molecular flexibility index (Phi) is 4.57. The van der Waals surface area contributed by atoms with Gasteiger partial charge >= 0.3 is 0 Å². The van der Waals surface area contributed by atoms with Crippen LogP contribution in [0, 0.1) is 0 Å². The maximum atomic E-state index is 12.9. The van der Waals surface area contributed by atoms with Crippen LogP contribution in [-0.2, 0) is 26.5 Å². The second-order valence-corrected chi connectivity index (χ2v) is 10.3. The van der Waals surface area contributed by atoms with E-state index in [0.717, 1.165) is 4.31 Å². The molecule has 0 aromatic heterocycles. The Morgan fingerprint density at radius 3 is 2.36 bits per heavy atom. The summed E-state index contributed by atoms with van der Waals surface area (Å²) in [4.78, 5) is 0.260. The average molecular weight is 401 g/mol. The summed E-state index contributed by atoms with van der Waals surface area (Å²) >= 11 is 5.90. The number of halogens is 1. The van der Waals surface area contributed by atoms with Crippen molar-refractivity contribution in [3.05, 3.63) is 53.1 Å². The van der Waals surface area contributed by atoms with Crippen LogP contribution in [0.1, 0.15) is 5.56 Å². The van der Waals surface area contributed by atoms with Gasteiger partial charge in [-0.2, -0.15) is 0 Å². The molecule has 0 spiro atoms. The van der Waals surface area contributed by atoms with Crippen molar-refractivity contribution in [3.8, 4) is 0 Å². The van der Waals surface area contributed by atoms with E-state index < -0.39 is 20.0 Å². The van der Waals surface area contributed by atoms with Crippen molar-refractivity contribution in [3.63, 3.8) is 0 Å². The summed E-state index contributed by atoms with van der Waals surface area (Å²) < 4.78 is 52.7. The van der Waals surface area contributed by atoms with Gasteiger partial charge in [-0.3, -0.25) is 4.31 Å². The molecule has 0 amide bonds. The Bertz CT molecular complexity index is 1030. The van der Waals surface area contributed by atoms with E-state index >= 15 is 0 Å². The number of fused-ring (bicyclic) bond motifs is 1. The van der Waals surface area contributed by atoms with Crippen molar-refractivity contribution in [1.82, 2.24) is 4.31 Å². The van der Waals surface area contributed by atoms with Crippen LogP contribution < -0.4 is 4.31 Å². The minimum atomic E-state index is -3.75. The lowest BCUT2D eigenvalue weighted by Gasteiger charge is -2.20. The molecule has 0 fully saturated rings. The number of sulfonamides is 2. The highest BCUT2D eigenvalue weighted by molar-refractivity contribution is 7.92. The van der Waals surface area contributed by atoms with Crippen molar-refractivity contribution in [2.24, 2.45) is 0 Å². The van der Waals surface area contributed by atoms with Gasteiger partial charge in [-0.1, -0.05) is 17.7 Å². The first kappa shape index (κ1) is 18.2. The van der Waals surface area contributed by atoms with Crippen LogP contribution in [0.15, 0.2) is 52.3 Å². The van der Waals surface area contributed by atoms with E-state index in [1.807, 2.05) is 0 Å². The summed E-state index contributed by atoms with van der Waals surface area (Å²) in [5.74, 6) is 0. The summed E-state index contributed by atoms with van der Waals surface area (Å²) in [6.07, 6.45) is 0.450. The average Bonchev–Trinajstić information content (AvgIpc) is 2.98. The van der Waals surface area contributed by atoms with E-state index in [2.05, 4.69) is 0 Å². The smallest absolute Gasteiger partial charge is 0.264 e. The first-order valence-electron chi connectivity index (χ1n) is 7.48. The fourth-order valence-electron chi connectivity index (χ4n) is 2.72. The second-order valence-electron chi connectivity index (χ2n) is 5.86. The lowest BCUT2D eigenvalue weighted by Crippen LogP contribution is -2.29. The van der Waals surface area contributed by atoms with Crippen molar-refractivity contribution >= 4 is 37.3 Å². The first-order chi connectivity index (χ1) is 11.6. The standard InChI is InChI=1S/C16H17ClN2O4S2/c1-18(2)24(20,21)15-6-7-16-12(10-15)8-9-19(16)25(22,23)14-5-3-4-13(17)11-14/h3-7,10-11H,8-9H2,1-2H3. The SMILES string of the molecule is CN(C)S(=O)(=O)c1ccc2c(c1)CCN2S(=O)(=O)c1cccc(Cl)c1. The molecular weight excluding hydrogens is 384 g/mol. The third-order valence-electron chi connectivity index (χ3n) is 4.07. The third-order valence-corrected chi connectivity index (χ3v) is 7.92. The van der Waals surface area contributed by atoms with Gasteiger partial charge in [0.1, 0.15) is 0 Å². The van der Waals surface area contributed by atoms with Gasteiger partial charge in [0.15, 0.2) is 0 Å². The summed E-state index contributed by atoms with van der Waals surface area (Å²) in [5.41, 5.74) is 1.19. The largest absolute Gasteiger partial charge is 0.266 e. The van der Waals surface area contributed by atoms with Gasteiger partial charge in [0, 0.05) is 25.7 Å². The minimum absolute atomic E-state index is 0.109. The quantitative estimate of drug-likeness (QED) is 0.789. The molecule has 6 nitrogen and oxygen atoms in total. The fourth-order valence-corrected chi connectivity index (χ4v) is 5.48. The predicted octanol–water partition coefficient (Wildman–Crippen LogP) is 2.34. The van der Waals surface area contributed by atoms with Crippen LogP contribution in [0.2, 0.25) is 5.02 Å². The number of hydrogen-bond acceptors (Lipinski definition) is 4. The monoisotopic (exact) mass is 400 g/mol. The second kappa shape index (κ2) is 6.28. The van der Waals surface area contributed by atoms with E-state index in [4.69, 9.17) is 11.6 Å². The van der Waals surface area contributed by atoms with E-state index in [9.17, 15) is 16.8 Å². The minimum Gasteiger partial charge on any atom is -0.266 e. The summed E-state index contributed by atoms with van der Waals surface area (Å²) in [5, 5.41) is 0.341. The molecule has 2 aromatic rings. The molecule has 134 valence electrons. The Morgan fingerprint density at radius 2 is 1.72 bits per heavy atom. The molecule has 0 saturated carbocycles. The molecule has 0 unspecified atom stereocenters. The molecule has 1 aliphatic rings. The van der Waals surface area contributed by atoms with Crippen LogP contribution in [0.25, 0.3) is 0 Å². The van der Waals surface area contributed by atoms with E-state index in [0.29, 0.717) is 22.7 Å². The highest BCUT2D eigenvalue weighted by Crippen LogP contribution is 2.35. The van der Waals surface area contributed by atoms with Crippen molar-refractivity contribution in [2.75, 3.05) is 24.9 Å². The molecule has 9 heteroatoms. The maximum absolute atomic E-state index is 12.9. The Balaban J connectivity index is 2.03. The summed E-state index contributed by atoms with van der Waals surface area (Å²) in [7, 11) is -4.40. The molecule has 0 N–H and O–H groups in total. The summed E-state index contributed by atoms with van der Waals surface area (Å²) in [6.45, 7) is 0.260. The zero-order chi connectivity index (χ0) is 18.4. The lowest BCUT2D eigenvalue weighted by molar-refractivity contribution is 0.520. The van der Waals surface area contributed by atoms with E-state index in [1.165, 1.54) is 42.7 Å². The number of benzene rings is 2. The number of hydrogen-bond donors (Lipinski definition) is 0. The summed E-state index contributed by atoms with van der Waals surface area (Å²) in [6, 6.07) is 10.6. The van der Waals surface area contributed by atoms with Gasteiger partial charge in [0.2, 0.25) is 10.0 Å². The molecule has 0 bridgehead atoms. The normalized spacial score (nSPS) is 14.8. The number of nitrogens with zero attached hydrogens (tertiary/aromatic N) is 2. The molecule has 0 radical (unpaired) electrons. The van der Waals surface area contributed by atoms with Gasteiger partial charge in [0.25, 0.3) is 10.0 Å². The molecular formula is C16H17ClN2O4S2. The van der Waals surface area contributed by atoms with E-state index in [-0.39, 0.29) is 16.3 Å². The van der Waals surface area contributed by atoms with Crippen LogP contribution >= 0.6 is 11.6 Å². The van der Waals surface area contributed by atoms with Gasteiger partial charge < -0.3 is 0 Å². The van der Waals surface area contributed by atoms with Crippen molar-refractivity contribution < 1.29 is 16.8 Å². The van der Waals surface area contributed by atoms with Gasteiger partial charge in [-0.25, -0.2) is 21.1 Å². The zero-order valence-corrected chi connectivity index (χ0v) is 16.1. The Hall–Kier alpha value is -1.61. The lowest BCUT2D eigenvalue weighted by atomic mass is 10.2. The molecule has 2 aromatic carbocycles. The van der Waals surface area contributed by atoms with Crippen molar-refractivity contribution in [1.29, 1.82) is 0 Å². The van der Waals surface area contributed by atoms with E-state index in [1.54, 1.807) is 18.2 Å². The molecule has 25 heavy (non-hydrogen) atoms. The third kappa shape index (κ3) is 3.15. The molecule has 1 aliphatic heterocycles. The van der Waals surface area contributed by atoms with Gasteiger partial charge in [-0.15, -0.1) is 0 Å². The highest BCUT2D eigenvalue weighted by Gasteiger charge is 2.32. The van der Waals surface area contributed by atoms with Gasteiger partial charge in [0.05, 0.1) is 15.5 Å². The molecule has 0 atom stereocenters. The molecule has 0 aliphatic carbocycles. The van der Waals surface area contributed by atoms with Crippen LogP contribution in [0.5, 0.6) is 0 Å². The molecule has 3 rings (SSSR count). The Morgan fingerprint density at radius 1 is 1.00 bits per heavy atom. The van der Waals surface area contributed by atoms with Crippen molar-refractivity contribution in [2.45, 2.75) is 16.2 Å². The predicted molar refractivity (Wildman–Crippen MR) is 97.0 cm³/mol. The number of rotatable bonds is 4. The van der Waals surface area contributed by atoms with Crippen LogP contribution in [0.3, 0.4) is 0 Å². The Labute approximate surface area is 152 Å².